The van der Waals surface area contributed by atoms with E-state index in [2.05, 4.69) is 56.3 Å². The smallest absolute Gasteiger partial charge is 0.151 e. The molecule has 0 N–H and O–H groups in total. The molecule has 3 nitrogen and oxygen atoms in total. The summed E-state index contributed by atoms with van der Waals surface area (Å²) in [5.74, 6) is 0.503. The molecule has 0 unspecified atom stereocenters. The van der Waals surface area contributed by atoms with E-state index in [1.54, 1.807) is 11.8 Å². The fourth-order valence-corrected chi connectivity index (χ4v) is 5.22. The molecular weight excluding hydrogens is 420 g/mol. The molecule has 0 radical (unpaired) electrons. The van der Waals surface area contributed by atoms with Gasteiger partial charge in [0, 0.05) is 45.3 Å². The molecule has 0 bridgehead atoms. The summed E-state index contributed by atoms with van der Waals surface area (Å²) >= 11 is 5.27. The summed E-state index contributed by atoms with van der Waals surface area (Å²) < 4.78 is 1.08. The number of anilines is 1. The highest BCUT2D eigenvalue weighted by Crippen LogP contribution is 2.38. The van der Waals surface area contributed by atoms with Gasteiger partial charge >= 0.3 is 0 Å². The predicted octanol–water partition coefficient (Wildman–Crippen LogP) is 5.92. The van der Waals surface area contributed by atoms with Crippen LogP contribution >= 0.6 is 27.7 Å². The van der Waals surface area contributed by atoms with Gasteiger partial charge in [0.15, 0.2) is 6.29 Å². The molecule has 27 heavy (non-hydrogen) atoms. The Morgan fingerprint density at radius 1 is 1.19 bits per heavy atom. The predicted molar refractivity (Wildman–Crippen MR) is 117 cm³/mol. The van der Waals surface area contributed by atoms with Crippen molar-refractivity contribution in [3.05, 3.63) is 64.3 Å². The number of nitrogens with zero attached hydrogens (tertiary/aromatic N) is 2. The van der Waals surface area contributed by atoms with Crippen LogP contribution in [0.1, 0.15) is 34.7 Å². The van der Waals surface area contributed by atoms with E-state index in [1.165, 1.54) is 16.6 Å². The third-order valence-electron chi connectivity index (χ3n) is 5.36. The Morgan fingerprint density at radius 2 is 2.00 bits per heavy atom. The van der Waals surface area contributed by atoms with Crippen molar-refractivity contribution in [2.24, 2.45) is 0 Å². The zero-order valence-electron chi connectivity index (χ0n) is 15.2. The highest BCUT2D eigenvalue weighted by atomic mass is 79.9. The molecule has 1 aliphatic heterocycles. The SMILES string of the molecule is CSc1c(C=O)cccc1C1CCN(c2ccnc3ccc(Br)cc23)CC1. The normalized spacial score (nSPS) is 15.3. The molecule has 0 aliphatic carbocycles. The van der Waals surface area contributed by atoms with Gasteiger partial charge in [-0.1, -0.05) is 34.1 Å². The van der Waals surface area contributed by atoms with E-state index in [0.29, 0.717) is 5.92 Å². The Hall–Kier alpha value is -1.85. The number of carbonyl (C=O) groups excluding carboxylic acids is 1. The van der Waals surface area contributed by atoms with Crippen LogP contribution in [0.5, 0.6) is 0 Å². The number of aromatic nitrogens is 1. The molecule has 0 spiro atoms. The average molecular weight is 441 g/mol. The Kier molecular flexibility index (Phi) is 5.50. The maximum atomic E-state index is 11.4. The van der Waals surface area contributed by atoms with Crippen molar-refractivity contribution < 1.29 is 4.79 Å². The molecule has 5 heteroatoms. The highest BCUT2D eigenvalue weighted by Gasteiger charge is 2.24. The number of rotatable bonds is 4. The van der Waals surface area contributed by atoms with E-state index in [1.807, 2.05) is 24.4 Å². The molecule has 1 fully saturated rings. The molecule has 0 atom stereocenters. The van der Waals surface area contributed by atoms with Gasteiger partial charge in [0.2, 0.25) is 0 Å². The Bertz CT molecular complexity index is 983. The first-order valence-electron chi connectivity index (χ1n) is 9.12. The number of benzene rings is 2. The molecular formula is C22H21BrN2OS. The molecule has 1 aromatic heterocycles. The number of piperidine rings is 1. The number of carbonyl (C=O) groups is 1. The van der Waals surface area contributed by atoms with Crippen molar-refractivity contribution in [3.8, 4) is 0 Å². The average Bonchev–Trinajstić information content (AvgIpc) is 2.72. The quantitative estimate of drug-likeness (QED) is 0.372. The Morgan fingerprint density at radius 3 is 2.74 bits per heavy atom. The molecule has 4 rings (SSSR count). The number of hydrogen-bond acceptors (Lipinski definition) is 4. The monoisotopic (exact) mass is 440 g/mol. The van der Waals surface area contributed by atoms with E-state index >= 15 is 0 Å². The van der Waals surface area contributed by atoms with Crippen LogP contribution in [0.25, 0.3) is 10.9 Å². The summed E-state index contributed by atoms with van der Waals surface area (Å²) in [6, 6.07) is 14.5. The second-order valence-corrected chi connectivity index (χ2v) is 8.57. The zero-order valence-corrected chi connectivity index (χ0v) is 17.6. The fraction of sp³-hybridized carbons (Fsp3) is 0.273. The van der Waals surface area contributed by atoms with Crippen LogP contribution in [-0.2, 0) is 0 Å². The zero-order chi connectivity index (χ0) is 18.8. The molecule has 3 aromatic rings. The van der Waals surface area contributed by atoms with Gasteiger partial charge in [-0.2, -0.15) is 0 Å². The lowest BCUT2D eigenvalue weighted by Crippen LogP contribution is -2.33. The molecule has 2 aromatic carbocycles. The number of thioether (sulfide) groups is 1. The lowest BCUT2D eigenvalue weighted by molar-refractivity contribution is 0.112. The lowest BCUT2D eigenvalue weighted by Gasteiger charge is -2.35. The van der Waals surface area contributed by atoms with Crippen LogP contribution in [0, 0.1) is 0 Å². The molecule has 138 valence electrons. The summed E-state index contributed by atoms with van der Waals surface area (Å²) in [7, 11) is 0. The first-order valence-corrected chi connectivity index (χ1v) is 11.1. The molecule has 0 saturated carbocycles. The van der Waals surface area contributed by atoms with Crippen LogP contribution in [0.4, 0.5) is 5.69 Å². The van der Waals surface area contributed by atoms with E-state index in [9.17, 15) is 4.79 Å². The van der Waals surface area contributed by atoms with Gasteiger partial charge in [-0.05, 0) is 54.8 Å². The van der Waals surface area contributed by atoms with Crippen LogP contribution in [-0.4, -0.2) is 30.6 Å². The second-order valence-electron chi connectivity index (χ2n) is 6.84. The second kappa shape index (κ2) is 8.03. The Balaban J connectivity index is 1.59. The molecule has 1 saturated heterocycles. The fourth-order valence-electron chi connectivity index (χ4n) is 4.03. The van der Waals surface area contributed by atoms with Crippen LogP contribution < -0.4 is 4.90 Å². The number of fused-ring (bicyclic) bond motifs is 1. The number of hydrogen-bond donors (Lipinski definition) is 0. The summed E-state index contributed by atoms with van der Waals surface area (Å²) in [6.07, 6.45) is 7.12. The largest absolute Gasteiger partial charge is 0.371 e. The maximum Gasteiger partial charge on any atom is 0.151 e. The first kappa shape index (κ1) is 18.5. The van der Waals surface area contributed by atoms with E-state index in [-0.39, 0.29) is 0 Å². The van der Waals surface area contributed by atoms with Gasteiger partial charge in [0.25, 0.3) is 0 Å². The van der Waals surface area contributed by atoms with Crippen molar-refractivity contribution in [2.45, 2.75) is 23.7 Å². The minimum atomic E-state index is 0.503. The minimum Gasteiger partial charge on any atom is -0.371 e. The van der Waals surface area contributed by atoms with E-state index in [4.69, 9.17) is 0 Å². The third-order valence-corrected chi connectivity index (χ3v) is 6.74. The maximum absolute atomic E-state index is 11.4. The summed E-state index contributed by atoms with van der Waals surface area (Å²) in [4.78, 5) is 19.5. The van der Waals surface area contributed by atoms with Gasteiger partial charge in [-0.25, -0.2) is 0 Å². The first-order chi connectivity index (χ1) is 13.2. The number of halogens is 1. The topological polar surface area (TPSA) is 33.2 Å². The van der Waals surface area contributed by atoms with Crippen LogP contribution in [0.2, 0.25) is 0 Å². The Labute approximate surface area is 172 Å². The van der Waals surface area contributed by atoms with Gasteiger partial charge in [0.05, 0.1) is 5.52 Å². The van der Waals surface area contributed by atoms with E-state index in [0.717, 1.165) is 52.7 Å². The van der Waals surface area contributed by atoms with E-state index < -0.39 is 0 Å². The molecule has 2 heterocycles. The van der Waals surface area contributed by atoms with Crippen molar-refractivity contribution >= 4 is 50.6 Å². The highest BCUT2D eigenvalue weighted by molar-refractivity contribution is 9.10. The van der Waals surface area contributed by atoms with Crippen molar-refractivity contribution in [3.63, 3.8) is 0 Å². The molecule has 0 amide bonds. The van der Waals surface area contributed by atoms with Crippen LogP contribution in [0.15, 0.2) is 58.0 Å². The number of aldehydes is 1. The lowest BCUT2D eigenvalue weighted by atomic mass is 9.88. The standard InChI is InChI=1S/C22H21BrN2OS/c1-27-22-16(14-26)3-2-4-18(22)15-8-11-25(12-9-15)21-7-10-24-20-6-5-17(23)13-19(20)21/h2-7,10,13-15H,8-9,11-12H2,1H3. The summed E-state index contributed by atoms with van der Waals surface area (Å²) in [5.41, 5.74) is 4.43. The van der Waals surface area contributed by atoms with Crippen molar-refractivity contribution in [1.29, 1.82) is 0 Å². The van der Waals surface area contributed by atoms with Gasteiger partial charge in [0.1, 0.15) is 0 Å². The van der Waals surface area contributed by atoms with Gasteiger partial charge < -0.3 is 4.90 Å². The summed E-state index contributed by atoms with van der Waals surface area (Å²) in [6.45, 7) is 2.02. The van der Waals surface area contributed by atoms with Gasteiger partial charge in [-0.3, -0.25) is 9.78 Å². The molecule has 1 aliphatic rings. The van der Waals surface area contributed by atoms with Crippen LogP contribution in [0.3, 0.4) is 0 Å². The minimum absolute atomic E-state index is 0.503. The summed E-state index contributed by atoms with van der Waals surface area (Å²) in [5, 5.41) is 1.19. The number of pyridine rings is 1. The van der Waals surface area contributed by atoms with Gasteiger partial charge in [-0.15, -0.1) is 11.8 Å². The third kappa shape index (κ3) is 3.63. The van der Waals surface area contributed by atoms with Crippen molar-refractivity contribution in [2.75, 3.05) is 24.2 Å². The van der Waals surface area contributed by atoms with Crippen molar-refractivity contribution in [1.82, 2.24) is 4.98 Å².